The van der Waals surface area contributed by atoms with Gasteiger partial charge in [0.05, 0.1) is 19.4 Å². The number of rotatable bonds is 4. The van der Waals surface area contributed by atoms with Gasteiger partial charge < -0.3 is 14.9 Å². The molecule has 0 aliphatic heterocycles. The first-order valence-corrected chi connectivity index (χ1v) is 5.21. The maximum atomic E-state index is 6.02. The summed E-state index contributed by atoms with van der Waals surface area (Å²) in [5, 5.41) is 0. The minimum absolute atomic E-state index is 0.0941. The summed E-state index contributed by atoms with van der Waals surface area (Å²) in [6, 6.07) is 11.6. The normalized spacial score (nSPS) is 12.4. The molecule has 1 atom stereocenters. The second-order valence-electron chi connectivity index (χ2n) is 3.67. The fourth-order valence-electron chi connectivity index (χ4n) is 1.62. The average Bonchev–Trinajstić information content (AvgIpc) is 2.83. The molecule has 3 nitrogen and oxygen atoms in total. The van der Waals surface area contributed by atoms with Gasteiger partial charge in [-0.1, -0.05) is 12.1 Å². The summed E-state index contributed by atoms with van der Waals surface area (Å²) in [5.41, 5.74) is 7.19. The van der Waals surface area contributed by atoms with Crippen LogP contribution in [0.25, 0.3) is 0 Å². The van der Waals surface area contributed by atoms with E-state index in [0.29, 0.717) is 0 Å². The van der Waals surface area contributed by atoms with Crippen molar-refractivity contribution in [3.8, 4) is 5.75 Å². The predicted octanol–water partition coefficient (Wildman–Crippen LogP) is 2.53. The van der Waals surface area contributed by atoms with Gasteiger partial charge in [0.2, 0.25) is 0 Å². The van der Waals surface area contributed by atoms with Gasteiger partial charge in [-0.3, -0.25) is 0 Å². The van der Waals surface area contributed by atoms with E-state index < -0.39 is 0 Å². The summed E-state index contributed by atoms with van der Waals surface area (Å²) in [7, 11) is 1.66. The van der Waals surface area contributed by atoms with E-state index in [1.807, 2.05) is 36.4 Å². The van der Waals surface area contributed by atoms with Gasteiger partial charge in [-0.25, -0.2) is 0 Å². The Morgan fingerprint density at radius 2 is 2.00 bits per heavy atom. The summed E-state index contributed by atoms with van der Waals surface area (Å²) in [5.74, 6) is 1.67. The van der Waals surface area contributed by atoms with Crippen LogP contribution in [0, 0.1) is 0 Å². The summed E-state index contributed by atoms with van der Waals surface area (Å²) in [6.45, 7) is 0. The van der Waals surface area contributed by atoms with Crippen molar-refractivity contribution in [3.05, 3.63) is 54.0 Å². The molecule has 0 aliphatic carbocycles. The topological polar surface area (TPSA) is 48.4 Å². The van der Waals surface area contributed by atoms with E-state index in [0.717, 1.165) is 17.9 Å². The first-order valence-electron chi connectivity index (χ1n) is 5.21. The van der Waals surface area contributed by atoms with Crippen molar-refractivity contribution in [2.45, 2.75) is 12.5 Å². The van der Waals surface area contributed by atoms with Crippen molar-refractivity contribution in [2.75, 3.05) is 7.11 Å². The second kappa shape index (κ2) is 4.86. The Balaban J connectivity index is 2.03. The van der Waals surface area contributed by atoms with E-state index in [1.165, 1.54) is 5.56 Å². The Hall–Kier alpha value is -1.74. The third-order valence-electron chi connectivity index (χ3n) is 2.52. The SMILES string of the molecule is COc1ccc(CC(N)c2ccco2)cc1. The molecule has 16 heavy (non-hydrogen) atoms. The van der Waals surface area contributed by atoms with Crippen molar-refractivity contribution in [3.63, 3.8) is 0 Å². The number of nitrogens with two attached hydrogens (primary N) is 1. The van der Waals surface area contributed by atoms with E-state index in [-0.39, 0.29) is 6.04 Å². The number of benzene rings is 1. The van der Waals surface area contributed by atoms with Crippen molar-refractivity contribution >= 4 is 0 Å². The minimum atomic E-state index is -0.0941. The van der Waals surface area contributed by atoms with Crippen LogP contribution in [0.15, 0.2) is 47.1 Å². The fraction of sp³-hybridized carbons (Fsp3) is 0.231. The lowest BCUT2D eigenvalue weighted by atomic mass is 10.0. The smallest absolute Gasteiger partial charge is 0.120 e. The van der Waals surface area contributed by atoms with E-state index >= 15 is 0 Å². The third-order valence-corrected chi connectivity index (χ3v) is 2.52. The molecule has 1 aromatic heterocycles. The molecule has 2 aromatic rings. The molecular weight excluding hydrogens is 202 g/mol. The summed E-state index contributed by atoms with van der Waals surface area (Å²) in [6.07, 6.45) is 2.40. The molecule has 3 heteroatoms. The van der Waals surface area contributed by atoms with Gasteiger partial charge in [0.1, 0.15) is 11.5 Å². The average molecular weight is 217 g/mol. The number of furan rings is 1. The highest BCUT2D eigenvalue weighted by atomic mass is 16.5. The molecule has 0 fully saturated rings. The molecule has 2 rings (SSSR count). The van der Waals surface area contributed by atoms with E-state index in [1.54, 1.807) is 13.4 Å². The van der Waals surface area contributed by atoms with Gasteiger partial charge in [-0.2, -0.15) is 0 Å². The zero-order valence-corrected chi connectivity index (χ0v) is 9.22. The largest absolute Gasteiger partial charge is 0.497 e. The monoisotopic (exact) mass is 217 g/mol. The summed E-state index contributed by atoms with van der Waals surface area (Å²) >= 11 is 0. The van der Waals surface area contributed by atoms with Crippen LogP contribution in [0.5, 0.6) is 5.75 Å². The van der Waals surface area contributed by atoms with Gasteiger partial charge in [-0.05, 0) is 36.2 Å². The van der Waals surface area contributed by atoms with Crippen molar-refractivity contribution in [1.82, 2.24) is 0 Å². The number of hydrogen-bond acceptors (Lipinski definition) is 3. The zero-order valence-electron chi connectivity index (χ0n) is 9.22. The van der Waals surface area contributed by atoms with Gasteiger partial charge in [0.15, 0.2) is 0 Å². The predicted molar refractivity (Wildman–Crippen MR) is 62.3 cm³/mol. The molecule has 0 saturated carbocycles. The first-order chi connectivity index (χ1) is 7.79. The van der Waals surface area contributed by atoms with Crippen LogP contribution >= 0.6 is 0 Å². The fourth-order valence-corrected chi connectivity index (χ4v) is 1.62. The highest BCUT2D eigenvalue weighted by Gasteiger charge is 2.09. The molecule has 1 unspecified atom stereocenters. The van der Waals surface area contributed by atoms with Crippen molar-refractivity contribution in [1.29, 1.82) is 0 Å². The third kappa shape index (κ3) is 2.44. The van der Waals surface area contributed by atoms with Gasteiger partial charge in [0, 0.05) is 0 Å². The standard InChI is InChI=1S/C13H15NO2/c1-15-11-6-4-10(5-7-11)9-12(14)13-3-2-8-16-13/h2-8,12H,9,14H2,1H3. The Bertz CT molecular complexity index is 420. The molecule has 1 heterocycles. The van der Waals surface area contributed by atoms with E-state index in [9.17, 15) is 0 Å². The molecule has 1 aromatic carbocycles. The molecule has 0 bridgehead atoms. The van der Waals surface area contributed by atoms with Gasteiger partial charge >= 0.3 is 0 Å². The van der Waals surface area contributed by atoms with Crippen LogP contribution in [0.1, 0.15) is 17.4 Å². The van der Waals surface area contributed by atoms with Crippen LogP contribution in [0.3, 0.4) is 0 Å². The van der Waals surface area contributed by atoms with Gasteiger partial charge in [-0.15, -0.1) is 0 Å². The van der Waals surface area contributed by atoms with Crippen molar-refractivity contribution < 1.29 is 9.15 Å². The van der Waals surface area contributed by atoms with Crippen LogP contribution < -0.4 is 10.5 Å². The molecule has 84 valence electrons. The summed E-state index contributed by atoms with van der Waals surface area (Å²) < 4.78 is 10.4. The van der Waals surface area contributed by atoms with Crippen LogP contribution in [0.4, 0.5) is 0 Å². The minimum Gasteiger partial charge on any atom is -0.497 e. The maximum Gasteiger partial charge on any atom is 0.120 e. The Morgan fingerprint density at radius 1 is 1.25 bits per heavy atom. The van der Waals surface area contributed by atoms with Crippen LogP contribution in [0.2, 0.25) is 0 Å². The zero-order chi connectivity index (χ0) is 11.4. The first kappa shape index (κ1) is 10.8. The molecule has 0 amide bonds. The van der Waals surface area contributed by atoms with Crippen LogP contribution in [-0.4, -0.2) is 7.11 Å². The lowest BCUT2D eigenvalue weighted by Gasteiger charge is -2.09. The lowest BCUT2D eigenvalue weighted by Crippen LogP contribution is -2.12. The molecule has 0 aliphatic rings. The number of methoxy groups -OCH3 is 1. The number of hydrogen-bond donors (Lipinski definition) is 1. The molecular formula is C13H15NO2. The van der Waals surface area contributed by atoms with Crippen molar-refractivity contribution in [2.24, 2.45) is 5.73 Å². The highest BCUT2D eigenvalue weighted by Crippen LogP contribution is 2.18. The Kier molecular flexibility index (Phi) is 3.27. The van der Waals surface area contributed by atoms with Gasteiger partial charge in [0.25, 0.3) is 0 Å². The maximum absolute atomic E-state index is 6.02. The van der Waals surface area contributed by atoms with E-state index in [4.69, 9.17) is 14.9 Å². The molecule has 0 saturated heterocycles. The Morgan fingerprint density at radius 3 is 2.56 bits per heavy atom. The molecule has 2 N–H and O–H groups in total. The molecule has 0 spiro atoms. The highest BCUT2D eigenvalue weighted by molar-refractivity contribution is 5.28. The summed E-state index contributed by atoms with van der Waals surface area (Å²) in [4.78, 5) is 0. The van der Waals surface area contributed by atoms with Crippen LogP contribution in [-0.2, 0) is 6.42 Å². The number of ether oxygens (including phenoxy) is 1. The Labute approximate surface area is 94.8 Å². The second-order valence-corrected chi connectivity index (χ2v) is 3.67. The quantitative estimate of drug-likeness (QED) is 0.856. The lowest BCUT2D eigenvalue weighted by molar-refractivity contribution is 0.414. The van der Waals surface area contributed by atoms with E-state index in [2.05, 4.69) is 0 Å². The molecule has 0 radical (unpaired) electrons.